The topological polar surface area (TPSA) is 63.6 Å². The molecule has 0 aromatic carbocycles. The van der Waals surface area contributed by atoms with E-state index in [4.69, 9.17) is 0 Å². The van der Waals surface area contributed by atoms with E-state index >= 15 is 0 Å². The molecule has 0 bridgehead atoms. The number of pyridine rings is 2. The predicted molar refractivity (Wildman–Crippen MR) is 79.2 cm³/mol. The van der Waals surface area contributed by atoms with Gasteiger partial charge in [0.15, 0.2) is 5.82 Å². The van der Waals surface area contributed by atoms with Gasteiger partial charge in [0, 0.05) is 24.0 Å². The van der Waals surface area contributed by atoms with E-state index in [9.17, 15) is 9.18 Å². The van der Waals surface area contributed by atoms with Crippen molar-refractivity contribution in [2.75, 3.05) is 6.26 Å². The van der Waals surface area contributed by atoms with Crippen LogP contribution < -0.4 is 5.56 Å². The Morgan fingerprint density at radius 3 is 2.86 bits per heavy atom. The highest BCUT2D eigenvalue weighted by Crippen LogP contribution is 2.25. The van der Waals surface area contributed by atoms with Crippen LogP contribution in [0.2, 0.25) is 0 Å². The van der Waals surface area contributed by atoms with Gasteiger partial charge in [-0.05, 0) is 30.5 Å². The molecular formula is C14H11FN4OS. The van der Waals surface area contributed by atoms with E-state index in [0.717, 1.165) is 4.90 Å². The Bertz CT molecular complexity index is 825. The molecule has 0 aliphatic carbocycles. The predicted octanol–water partition coefficient (Wildman–Crippen LogP) is 2.48. The smallest absolute Gasteiger partial charge is 0.265 e. The molecule has 0 atom stereocenters. The zero-order valence-electron chi connectivity index (χ0n) is 11.1. The lowest BCUT2D eigenvalue weighted by Gasteiger charge is -2.10. The van der Waals surface area contributed by atoms with Crippen molar-refractivity contribution in [1.82, 2.24) is 19.7 Å². The highest BCUT2D eigenvalue weighted by molar-refractivity contribution is 7.98. The molecule has 0 amide bonds. The number of H-pyrrole nitrogens is 1. The molecule has 0 unspecified atom stereocenters. The van der Waals surface area contributed by atoms with Gasteiger partial charge in [-0.15, -0.1) is 11.8 Å². The molecule has 0 saturated carbocycles. The Balaban J connectivity index is 2.20. The number of thioether (sulfide) groups is 1. The van der Waals surface area contributed by atoms with Crippen molar-refractivity contribution in [1.29, 1.82) is 0 Å². The summed E-state index contributed by atoms with van der Waals surface area (Å²) in [5.74, 6) is 0.0530. The van der Waals surface area contributed by atoms with E-state index in [1.807, 2.05) is 18.4 Å². The fourth-order valence-electron chi connectivity index (χ4n) is 2.01. The largest absolute Gasteiger partial charge is 0.268 e. The normalized spacial score (nSPS) is 10.8. The summed E-state index contributed by atoms with van der Waals surface area (Å²) in [6.45, 7) is 0. The number of aromatic nitrogens is 4. The summed E-state index contributed by atoms with van der Waals surface area (Å²) in [5.41, 5.74) is 0.959. The second kappa shape index (κ2) is 5.53. The van der Waals surface area contributed by atoms with Crippen molar-refractivity contribution in [3.8, 4) is 17.1 Å². The average Bonchev–Trinajstić information content (AvgIpc) is 2.89. The van der Waals surface area contributed by atoms with Crippen molar-refractivity contribution >= 4 is 11.8 Å². The van der Waals surface area contributed by atoms with Crippen LogP contribution in [0.4, 0.5) is 4.39 Å². The Hall–Kier alpha value is -2.41. The molecule has 3 aromatic heterocycles. The average molecular weight is 302 g/mol. The SMILES string of the molecule is CSc1cccnc1-n1[nH]c(=O)cc1-c1ccc(F)nc1. The number of nitrogens with zero attached hydrogens (tertiary/aromatic N) is 3. The third kappa shape index (κ3) is 2.59. The van der Waals surface area contributed by atoms with Gasteiger partial charge in [0.1, 0.15) is 0 Å². The number of hydrogen-bond donors (Lipinski definition) is 1. The summed E-state index contributed by atoms with van der Waals surface area (Å²) >= 11 is 1.52. The second-order valence-electron chi connectivity index (χ2n) is 4.24. The molecule has 106 valence electrons. The first-order valence-corrected chi connectivity index (χ1v) is 7.35. The van der Waals surface area contributed by atoms with Gasteiger partial charge in [-0.25, -0.2) is 14.6 Å². The maximum atomic E-state index is 12.9. The highest BCUT2D eigenvalue weighted by Gasteiger charge is 2.13. The van der Waals surface area contributed by atoms with Gasteiger partial charge in [-0.1, -0.05) is 0 Å². The van der Waals surface area contributed by atoms with Crippen molar-refractivity contribution < 1.29 is 4.39 Å². The second-order valence-corrected chi connectivity index (χ2v) is 5.09. The summed E-state index contributed by atoms with van der Waals surface area (Å²) < 4.78 is 14.5. The van der Waals surface area contributed by atoms with E-state index in [0.29, 0.717) is 17.1 Å². The summed E-state index contributed by atoms with van der Waals surface area (Å²) in [6, 6.07) is 8.01. The van der Waals surface area contributed by atoms with Crippen LogP contribution in [0.3, 0.4) is 0 Å². The zero-order valence-corrected chi connectivity index (χ0v) is 11.9. The number of nitrogens with one attached hydrogen (secondary N) is 1. The molecular weight excluding hydrogens is 291 g/mol. The minimum atomic E-state index is -0.564. The Labute approximate surface area is 123 Å². The maximum Gasteiger partial charge on any atom is 0.265 e. The molecule has 7 heteroatoms. The molecule has 0 radical (unpaired) electrons. The molecule has 1 N–H and O–H groups in total. The van der Waals surface area contributed by atoms with Crippen molar-refractivity contribution in [2.24, 2.45) is 0 Å². The standard InChI is InChI=1S/C14H11FN4OS/c1-21-11-3-2-6-16-14(11)19-10(7-13(20)18-19)9-4-5-12(15)17-8-9/h2-8H,1H3,(H,18,20). The van der Waals surface area contributed by atoms with E-state index < -0.39 is 5.95 Å². The summed E-state index contributed by atoms with van der Waals surface area (Å²) in [6.07, 6.45) is 4.97. The molecule has 0 saturated heterocycles. The van der Waals surface area contributed by atoms with Gasteiger partial charge < -0.3 is 0 Å². The lowest BCUT2D eigenvalue weighted by atomic mass is 10.2. The molecule has 5 nitrogen and oxygen atoms in total. The molecule has 0 aliphatic heterocycles. The van der Waals surface area contributed by atoms with E-state index in [-0.39, 0.29) is 5.56 Å². The zero-order chi connectivity index (χ0) is 14.8. The fraction of sp³-hybridized carbons (Fsp3) is 0.0714. The van der Waals surface area contributed by atoms with Crippen LogP contribution >= 0.6 is 11.8 Å². The van der Waals surface area contributed by atoms with Crippen LogP contribution in [0, 0.1) is 5.95 Å². The quantitative estimate of drug-likeness (QED) is 0.596. The minimum absolute atomic E-state index is 0.257. The lowest BCUT2D eigenvalue weighted by molar-refractivity contribution is 0.584. The summed E-state index contributed by atoms with van der Waals surface area (Å²) in [5, 5.41) is 2.71. The van der Waals surface area contributed by atoms with Crippen LogP contribution in [0.15, 0.2) is 52.4 Å². The third-order valence-electron chi connectivity index (χ3n) is 2.94. The molecule has 21 heavy (non-hydrogen) atoms. The lowest BCUT2D eigenvalue weighted by Crippen LogP contribution is -2.07. The van der Waals surface area contributed by atoms with Crippen LogP contribution in [0.5, 0.6) is 0 Å². The minimum Gasteiger partial charge on any atom is -0.268 e. The molecule has 0 spiro atoms. The van der Waals surface area contributed by atoms with Crippen LogP contribution in [-0.4, -0.2) is 26.0 Å². The molecule has 3 aromatic rings. The highest BCUT2D eigenvalue weighted by atomic mass is 32.2. The van der Waals surface area contributed by atoms with Gasteiger partial charge in [0.05, 0.1) is 10.6 Å². The number of aromatic amines is 1. The Morgan fingerprint density at radius 1 is 1.29 bits per heavy atom. The fourth-order valence-corrected chi connectivity index (χ4v) is 2.55. The number of halogens is 1. The van der Waals surface area contributed by atoms with Gasteiger partial charge in [-0.3, -0.25) is 9.89 Å². The van der Waals surface area contributed by atoms with Gasteiger partial charge in [0.25, 0.3) is 5.56 Å². The Morgan fingerprint density at radius 2 is 2.14 bits per heavy atom. The summed E-state index contributed by atoms with van der Waals surface area (Å²) in [4.78, 5) is 20.6. The number of hydrogen-bond acceptors (Lipinski definition) is 4. The Kier molecular flexibility index (Phi) is 3.57. The molecule has 3 heterocycles. The van der Waals surface area contributed by atoms with Crippen molar-refractivity contribution in [3.63, 3.8) is 0 Å². The van der Waals surface area contributed by atoms with Crippen LogP contribution in [0.1, 0.15) is 0 Å². The monoisotopic (exact) mass is 302 g/mol. The van der Waals surface area contributed by atoms with Crippen molar-refractivity contribution in [2.45, 2.75) is 4.90 Å². The van der Waals surface area contributed by atoms with E-state index in [2.05, 4.69) is 15.1 Å². The van der Waals surface area contributed by atoms with Gasteiger partial charge in [-0.2, -0.15) is 4.39 Å². The number of rotatable bonds is 3. The molecule has 0 aliphatic rings. The summed E-state index contributed by atoms with van der Waals surface area (Å²) in [7, 11) is 0. The first kappa shape index (κ1) is 13.6. The molecule has 0 fully saturated rings. The van der Waals surface area contributed by atoms with Crippen molar-refractivity contribution in [3.05, 3.63) is 59.0 Å². The van der Waals surface area contributed by atoms with Crippen LogP contribution in [-0.2, 0) is 0 Å². The third-order valence-corrected chi connectivity index (χ3v) is 3.69. The van der Waals surface area contributed by atoms with Gasteiger partial charge in [0.2, 0.25) is 5.95 Å². The van der Waals surface area contributed by atoms with Crippen LogP contribution in [0.25, 0.3) is 17.1 Å². The maximum absolute atomic E-state index is 12.9. The molecule has 3 rings (SSSR count). The van der Waals surface area contributed by atoms with E-state index in [1.165, 1.54) is 30.1 Å². The first-order valence-electron chi connectivity index (χ1n) is 6.12. The first-order chi connectivity index (χ1) is 10.2. The van der Waals surface area contributed by atoms with Gasteiger partial charge >= 0.3 is 0 Å². The van der Waals surface area contributed by atoms with E-state index in [1.54, 1.807) is 16.9 Å².